The van der Waals surface area contributed by atoms with E-state index in [1.165, 1.54) is 17.8 Å². The van der Waals surface area contributed by atoms with Gasteiger partial charge in [-0.05, 0) is 20.8 Å². The van der Waals surface area contributed by atoms with Gasteiger partial charge in [0, 0.05) is 23.3 Å². The van der Waals surface area contributed by atoms with E-state index in [4.69, 9.17) is 4.74 Å². The number of thiazole rings is 1. The lowest BCUT2D eigenvalue weighted by Crippen LogP contribution is -2.35. The molecule has 0 saturated heterocycles. The van der Waals surface area contributed by atoms with Gasteiger partial charge in [0.2, 0.25) is 5.95 Å². The zero-order chi connectivity index (χ0) is 24.8. The van der Waals surface area contributed by atoms with Gasteiger partial charge in [0.05, 0.1) is 12.8 Å². The number of carbonyl (C=O) groups excluding carboxylic acids is 4. The molecular weight excluding hydrogens is 452 g/mol. The van der Waals surface area contributed by atoms with Crippen molar-refractivity contribution in [3.63, 3.8) is 0 Å². The first kappa shape index (κ1) is 25.1. The molecular formula is C20H22N6O6S. The van der Waals surface area contributed by atoms with Gasteiger partial charge in [0.1, 0.15) is 22.0 Å². The van der Waals surface area contributed by atoms with E-state index >= 15 is 0 Å². The molecule has 0 radical (unpaired) electrons. The number of nitrogens with one attached hydrogen (secondary N) is 3. The van der Waals surface area contributed by atoms with Crippen molar-refractivity contribution >= 4 is 41.2 Å². The predicted octanol–water partition coefficient (Wildman–Crippen LogP) is 1.99. The van der Waals surface area contributed by atoms with E-state index in [1.807, 2.05) is 0 Å². The molecule has 0 fully saturated rings. The van der Waals surface area contributed by atoms with Crippen LogP contribution >= 0.6 is 11.3 Å². The molecule has 0 aliphatic rings. The average Bonchev–Trinajstić information content (AvgIpc) is 3.22. The molecule has 0 bridgehead atoms. The molecule has 0 aliphatic carbocycles. The SMILES string of the molecule is C=C(NC(=O)c1csc(-c2cnc(NC(=O)OC(C)(C)C)nc2)n1)C(=O)NC(=C)C(=O)OC. The molecule has 0 saturated carbocycles. The lowest BCUT2D eigenvalue weighted by Gasteiger charge is -2.19. The van der Waals surface area contributed by atoms with Gasteiger partial charge in [-0.25, -0.2) is 24.5 Å². The molecule has 0 aliphatic heterocycles. The average molecular weight is 474 g/mol. The Morgan fingerprint density at radius 3 is 2.24 bits per heavy atom. The summed E-state index contributed by atoms with van der Waals surface area (Å²) in [4.78, 5) is 59.6. The lowest BCUT2D eigenvalue weighted by atomic mass is 10.2. The maximum Gasteiger partial charge on any atom is 0.414 e. The third kappa shape index (κ3) is 7.50. The van der Waals surface area contributed by atoms with Gasteiger partial charge >= 0.3 is 12.1 Å². The monoisotopic (exact) mass is 474 g/mol. The Bertz CT molecular complexity index is 1100. The van der Waals surface area contributed by atoms with Gasteiger partial charge in [-0.2, -0.15) is 0 Å². The summed E-state index contributed by atoms with van der Waals surface area (Å²) in [6.07, 6.45) is 2.15. The van der Waals surface area contributed by atoms with Crippen LogP contribution in [0.2, 0.25) is 0 Å². The first-order valence-electron chi connectivity index (χ1n) is 9.26. The maximum atomic E-state index is 12.4. The molecule has 13 heteroatoms. The van der Waals surface area contributed by atoms with Crippen LogP contribution in [0.25, 0.3) is 10.6 Å². The third-order valence-corrected chi connectivity index (χ3v) is 4.37. The maximum absolute atomic E-state index is 12.4. The molecule has 3 N–H and O–H groups in total. The fraction of sp³-hybridized carbons (Fsp3) is 0.250. The Balaban J connectivity index is 1.98. The van der Waals surface area contributed by atoms with Gasteiger partial charge in [-0.1, -0.05) is 13.2 Å². The van der Waals surface area contributed by atoms with Gasteiger partial charge in [-0.15, -0.1) is 11.3 Å². The van der Waals surface area contributed by atoms with E-state index in [0.717, 1.165) is 18.4 Å². The number of hydrogen-bond donors (Lipinski definition) is 3. The van der Waals surface area contributed by atoms with Crippen LogP contribution in [0.3, 0.4) is 0 Å². The van der Waals surface area contributed by atoms with Crippen molar-refractivity contribution < 1.29 is 28.7 Å². The number of hydrogen-bond acceptors (Lipinski definition) is 10. The fourth-order valence-corrected chi connectivity index (χ4v) is 2.83. The van der Waals surface area contributed by atoms with Gasteiger partial charge in [0.25, 0.3) is 11.8 Å². The first-order valence-corrected chi connectivity index (χ1v) is 10.1. The molecule has 0 spiro atoms. The Morgan fingerprint density at radius 2 is 1.67 bits per heavy atom. The summed E-state index contributed by atoms with van der Waals surface area (Å²) in [5.74, 6) is -2.32. The van der Waals surface area contributed by atoms with Crippen LogP contribution in [0.15, 0.2) is 42.3 Å². The largest absolute Gasteiger partial charge is 0.464 e. The Hall–Kier alpha value is -4.13. The van der Waals surface area contributed by atoms with Crippen LogP contribution in [0, 0.1) is 0 Å². The van der Waals surface area contributed by atoms with E-state index in [-0.39, 0.29) is 23.0 Å². The molecule has 2 rings (SSSR count). The minimum atomic E-state index is -0.837. The molecule has 0 aromatic carbocycles. The molecule has 2 aromatic heterocycles. The van der Waals surface area contributed by atoms with Crippen molar-refractivity contribution in [1.82, 2.24) is 25.6 Å². The highest BCUT2D eigenvalue weighted by molar-refractivity contribution is 7.13. The number of aromatic nitrogens is 3. The van der Waals surface area contributed by atoms with Crippen molar-refractivity contribution in [2.45, 2.75) is 26.4 Å². The summed E-state index contributed by atoms with van der Waals surface area (Å²) in [5.41, 5.74) is -0.770. The summed E-state index contributed by atoms with van der Waals surface area (Å²) in [7, 11) is 1.13. The quantitative estimate of drug-likeness (QED) is 0.402. The van der Waals surface area contributed by atoms with Crippen molar-refractivity contribution in [1.29, 1.82) is 0 Å². The molecule has 0 atom stereocenters. The summed E-state index contributed by atoms with van der Waals surface area (Å²) >= 11 is 1.14. The molecule has 174 valence electrons. The van der Waals surface area contributed by atoms with Gasteiger partial charge in [-0.3, -0.25) is 14.9 Å². The number of ether oxygens (including phenoxy) is 2. The van der Waals surface area contributed by atoms with E-state index in [9.17, 15) is 19.2 Å². The zero-order valence-corrected chi connectivity index (χ0v) is 19.2. The first-order chi connectivity index (χ1) is 15.4. The molecule has 3 amide bonds. The summed E-state index contributed by atoms with van der Waals surface area (Å²) in [6, 6.07) is 0. The van der Waals surface area contributed by atoms with E-state index in [0.29, 0.717) is 10.6 Å². The van der Waals surface area contributed by atoms with E-state index in [1.54, 1.807) is 20.8 Å². The second-order valence-corrected chi connectivity index (χ2v) is 8.18. The number of esters is 1. The van der Waals surface area contributed by atoms with Crippen molar-refractivity contribution in [3.05, 3.63) is 48.0 Å². The zero-order valence-electron chi connectivity index (χ0n) is 18.3. The van der Waals surface area contributed by atoms with Crippen molar-refractivity contribution in [2.75, 3.05) is 12.4 Å². The molecule has 2 heterocycles. The number of methoxy groups -OCH3 is 1. The van der Waals surface area contributed by atoms with Gasteiger partial charge in [0.15, 0.2) is 0 Å². The highest BCUT2D eigenvalue weighted by Gasteiger charge is 2.19. The van der Waals surface area contributed by atoms with Crippen LogP contribution in [-0.2, 0) is 19.1 Å². The number of rotatable bonds is 7. The minimum Gasteiger partial charge on any atom is -0.464 e. The third-order valence-electron chi connectivity index (χ3n) is 3.48. The molecule has 12 nitrogen and oxygen atoms in total. The highest BCUT2D eigenvalue weighted by atomic mass is 32.1. The van der Waals surface area contributed by atoms with Crippen molar-refractivity contribution in [2.24, 2.45) is 0 Å². The highest BCUT2D eigenvalue weighted by Crippen LogP contribution is 2.23. The van der Waals surface area contributed by atoms with E-state index < -0.39 is 29.5 Å². The smallest absolute Gasteiger partial charge is 0.414 e. The predicted molar refractivity (Wildman–Crippen MR) is 119 cm³/mol. The Labute approximate surface area is 193 Å². The standard InChI is InChI=1S/C20H22N6O6S/c1-10(14(27)24-11(2)17(29)31-6)23-15(28)13-9-33-16(25-13)12-7-21-18(22-8-12)26-19(30)32-20(3,4)5/h7-9H,1-2H2,3-6H3,(H,23,28)(H,24,27)(H,21,22,26,30). The topological polar surface area (TPSA) is 162 Å². The number of amides is 3. The fourth-order valence-electron chi connectivity index (χ4n) is 2.05. The summed E-state index contributed by atoms with van der Waals surface area (Å²) in [6.45, 7) is 12.0. The van der Waals surface area contributed by atoms with Gasteiger partial charge < -0.3 is 20.1 Å². The molecule has 33 heavy (non-hydrogen) atoms. The molecule has 2 aromatic rings. The summed E-state index contributed by atoms with van der Waals surface area (Å²) in [5, 5.41) is 8.75. The number of anilines is 1. The van der Waals surface area contributed by atoms with Crippen molar-refractivity contribution in [3.8, 4) is 10.6 Å². The van der Waals surface area contributed by atoms with E-state index in [2.05, 4.69) is 48.8 Å². The number of carbonyl (C=O) groups is 4. The van der Waals surface area contributed by atoms with Crippen LogP contribution in [-0.4, -0.2) is 51.5 Å². The Morgan fingerprint density at radius 1 is 1.03 bits per heavy atom. The normalized spacial score (nSPS) is 10.5. The molecule has 0 unspecified atom stereocenters. The van der Waals surface area contributed by atoms with Crippen LogP contribution in [0.1, 0.15) is 31.3 Å². The second kappa shape index (κ2) is 10.5. The summed E-state index contributed by atoms with van der Waals surface area (Å²) < 4.78 is 9.54. The number of nitrogens with zero attached hydrogens (tertiary/aromatic N) is 3. The van der Waals surface area contributed by atoms with Crippen LogP contribution in [0.5, 0.6) is 0 Å². The van der Waals surface area contributed by atoms with Crippen LogP contribution < -0.4 is 16.0 Å². The second-order valence-electron chi connectivity index (χ2n) is 7.32. The minimum absolute atomic E-state index is 0.0201. The Kier molecular flexibility index (Phi) is 7.96. The lowest BCUT2D eigenvalue weighted by molar-refractivity contribution is -0.137. The van der Waals surface area contributed by atoms with Crippen LogP contribution in [0.4, 0.5) is 10.7 Å².